The van der Waals surface area contributed by atoms with Gasteiger partial charge >= 0.3 is 0 Å². The van der Waals surface area contributed by atoms with Gasteiger partial charge in [-0.1, -0.05) is 18.2 Å². The second kappa shape index (κ2) is 9.30. The molecule has 3 unspecified atom stereocenters. The van der Waals surface area contributed by atoms with Crippen LogP contribution in [-0.2, 0) is 9.47 Å². The van der Waals surface area contributed by atoms with Gasteiger partial charge in [-0.25, -0.2) is 4.39 Å². The Kier molecular flexibility index (Phi) is 6.82. The van der Waals surface area contributed by atoms with Crippen molar-refractivity contribution in [2.75, 3.05) is 39.4 Å². The molecule has 3 rings (SSSR count). The fourth-order valence-electron chi connectivity index (χ4n) is 3.43. The Morgan fingerprint density at radius 2 is 2.15 bits per heavy atom. The Hall–Kier alpha value is -1.70. The minimum atomic E-state index is -0.972. The van der Waals surface area contributed by atoms with Crippen LogP contribution in [0.2, 0.25) is 0 Å². The summed E-state index contributed by atoms with van der Waals surface area (Å²) in [4.78, 5) is 6.67. The first-order chi connectivity index (χ1) is 12.7. The van der Waals surface area contributed by atoms with Crippen molar-refractivity contribution in [2.45, 2.75) is 38.1 Å². The van der Waals surface area contributed by atoms with Gasteiger partial charge in [0, 0.05) is 31.8 Å². The number of nitrogens with one attached hydrogen (secondary N) is 1. The van der Waals surface area contributed by atoms with Crippen LogP contribution in [0.25, 0.3) is 0 Å². The summed E-state index contributed by atoms with van der Waals surface area (Å²) in [5.74, 6) is 0.305. The molecule has 0 aromatic heterocycles. The van der Waals surface area contributed by atoms with Crippen LogP contribution < -0.4 is 5.32 Å². The number of morpholine rings is 1. The molecule has 1 aromatic carbocycles. The van der Waals surface area contributed by atoms with E-state index in [9.17, 15) is 9.50 Å². The average molecular weight is 365 g/mol. The van der Waals surface area contributed by atoms with Gasteiger partial charge in [-0.05, 0) is 25.8 Å². The maximum atomic E-state index is 13.8. The SMILES string of the molecule is CCNC(=NCC(O)c1ccccc1F)N1CCOC(C2CCCO2)C1. The molecule has 3 atom stereocenters. The van der Waals surface area contributed by atoms with Gasteiger partial charge in [-0.15, -0.1) is 0 Å². The van der Waals surface area contributed by atoms with Crippen LogP contribution in [0.1, 0.15) is 31.4 Å². The molecule has 2 saturated heterocycles. The highest BCUT2D eigenvalue weighted by Gasteiger charge is 2.32. The zero-order valence-electron chi connectivity index (χ0n) is 15.2. The van der Waals surface area contributed by atoms with Gasteiger partial charge in [-0.2, -0.15) is 0 Å². The monoisotopic (exact) mass is 365 g/mol. The molecule has 0 saturated carbocycles. The minimum Gasteiger partial charge on any atom is -0.386 e. The van der Waals surface area contributed by atoms with Crippen molar-refractivity contribution in [3.8, 4) is 0 Å². The van der Waals surface area contributed by atoms with Gasteiger partial charge in [0.15, 0.2) is 5.96 Å². The normalized spacial score (nSPS) is 25.3. The van der Waals surface area contributed by atoms with Gasteiger partial charge < -0.3 is 24.8 Å². The maximum Gasteiger partial charge on any atom is 0.194 e. The lowest BCUT2D eigenvalue weighted by Crippen LogP contribution is -2.53. The number of halogens is 1. The molecule has 6 nitrogen and oxygen atoms in total. The van der Waals surface area contributed by atoms with E-state index in [1.165, 1.54) is 6.07 Å². The molecular weight excluding hydrogens is 337 g/mol. The van der Waals surface area contributed by atoms with Crippen LogP contribution in [-0.4, -0.2) is 67.6 Å². The molecule has 0 bridgehead atoms. The first-order valence-corrected chi connectivity index (χ1v) is 9.38. The Balaban J connectivity index is 1.65. The lowest BCUT2D eigenvalue weighted by Gasteiger charge is -2.37. The molecule has 26 heavy (non-hydrogen) atoms. The van der Waals surface area contributed by atoms with E-state index < -0.39 is 11.9 Å². The predicted octanol–water partition coefficient (Wildman–Crippen LogP) is 1.70. The van der Waals surface area contributed by atoms with Gasteiger partial charge in [0.1, 0.15) is 18.0 Å². The molecule has 2 aliphatic rings. The molecular formula is C19H28FN3O3. The maximum absolute atomic E-state index is 13.8. The van der Waals surface area contributed by atoms with E-state index in [-0.39, 0.29) is 24.3 Å². The number of aliphatic imine (C=N–C) groups is 1. The van der Waals surface area contributed by atoms with Crippen LogP contribution in [0.3, 0.4) is 0 Å². The number of aliphatic hydroxyl groups is 1. The molecule has 2 heterocycles. The molecule has 2 N–H and O–H groups in total. The van der Waals surface area contributed by atoms with E-state index in [4.69, 9.17) is 9.47 Å². The summed E-state index contributed by atoms with van der Waals surface area (Å²) in [5.41, 5.74) is 0.270. The largest absolute Gasteiger partial charge is 0.386 e. The van der Waals surface area contributed by atoms with Crippen molar-refractivity contribution in [2.24, 2.45) is 4.99 Å². The van der Waals surface area contributed by atoms with E-state index in [2.05, 4.69) is 15.2 Å². The second-order valence-corrected chi connectivity index (χ2v) is 6.64. The number of benzene rings is 1. The van der Waals surface area contributed by atoms with Crippen molar-refractivity contribution in [1.82, 2.24) is 10.2 Å². The number of ether oxygens (including phenoxy) is 2. The highest BCUT2D eigenvalue weighted by molar-refractivity contribution is 5.80. The average Bonchev–Trinajstić information content (AvgIpc) is 3.20. The van der Waals surface area contributed by atoms with Crippen molar-refractivity contribution in [3.05, 3.63) is 35.6 Å². The quantitative estimate of drug-likeness (QED) is 0.614. The van der Waals surface area contributed by atoms with E-state index in [1.54, 1.807) is 18.2 Å². The van der Waals surface area contributed by atoms with Gasteiger partial charge in [-0.3, -0.25) is 4.99 Å². The minimum absolute atomic E-state index is 0.0339. The standard InChI is InChI=1S/C19H28FN3O3/c1-2-21-19(22-12-16(24)14-6-3-4-7-15(14)20)23-9-11-26-18(13-23)17-8-5-10-25-17/h3-4,6-7,16-18,24H,2,5,8-13H2,1H3,(H,21,22). The first kappa shape index (κ1) is 19.1. The van der Waals surface area contributed by atoms with Crippen LogP contribution in [0.4, 0.5) is 4.39 Å². The van der Waals surface area contributed by atoms with Crippen LogP contribution in [0, 0.1) is 5.82 Å². The van der Waals surface area contributed by atoms with E-state index in [1.807, 2.05) is 6.92 Å². The lowest BCUT2D eigenvalue weighted by molar-refractivity contribution is -0.0817. The molecule has 2 fully saturated rings. The molecule has 144 valence electrons. The summed E-state index contributed by atoms with van der Waals surface area (Å²) < 4.78 is 25.5. The molecule has 0 amide bonds. The van der Waals surface area contributed by atoms with Crippen molar-refractivity contribution < 1.29 is 19.0 Å². The van der Waals surface area contributed by atoms with Gasteiger partial charge in [0.05, 0.1) is 19.3 Å². The van der Waals surface area contributed by atoms with E-state index in [0.717, 1.165) is 32.5 Å². The van der Waals surface area contributed by atoms with E-state index in [0.29, 0.717) is 19.1 Å². The van der Waals surface area contributed by atoms with Gasteiger partial charge in [0.2, 0.25) is 0 Å². The van der Waals surface area contributed by atoms with Crippen LogP contribution >= 0.6 is 0 Å². The summed E-state index contributed by atoms with van der Waals surface area (Å²) in [7, 11) is 0. The predicted molar refractivity (Wildman–Crippen MR) is 97.6 cm³/mol. The molecule has 0 radical (unpaired) electrons. The Morgan fingerprint density at radius 1 is 1.35 bits per heavy atom. The number of rotatable bonds is 5. The number of guanidine groups is 1. The second-order valence-electron chi connectivity index (χ2n) is 6.64. The van der Waals surface area contributed by atoms with Crippen molar-refractivity contribution in [3.63, 3.8) is 0 Å². The number of hydrogen-bond donors (Lipinski definition) is 2. The Morgan fingerprint density at radius 3 is 2.88 bits per heavy atom. The number of nitrogens with zero attached hydrogens (tertiary/aromatic N) is 2. The van der Waals surface area contributed by atoms with Crippen LogP contribution in [0.15, 0.2) is 29.3 Å². The van der Waals surface area contributed by atoms with Crippen LogP contribution in [0.5, 0.6) is 0 Å². The summed E-state index contributed by atoms with van der Waals surface area (Å²) in [6, 6.07) is 6.26. The summed E-state index contributed by atoms with van der Waals surface area (Å²) in [6.45, 7) is 5.66. The first-order valence-electron chi connectivity index (χ1n) is 9.38. The zero-order chi connectivity index (χ0) is 18.4. The molecule has 1 aromatic rings. The molecule has 2 aliphatic heterocycles. The Bertz CT molecular complexity index is 607. The smallest absolute Gasteiger partial charge is 0.194 e. The summed E-state index contributed by atoms with van der Waals surface area (Å²) in [5, 5.41) is 13.6. The molecule has 0 aliphatic carbocycles. The molecule has 0 spiro atoms. The number of hydrogen-bond acceptors (Lipinski definition) is 4. The van der Waals surface area contributed by atoms with Crippen molar-refractivity contribution in [1.29, 1.82) is 0 Å². The highest BCUT2D eigenvalue weighted by atomic mass is 19.1. The topological polar surface area (TPSA) is 66.3 Å². The van der Waals surface area contributed by atoms with Crippen molar-refractivity contribution >= 4 is 5.96 Å². The van der Waals surface area contributed by atoms with E-state index >= 15 is 0 Å². The third kappa shape index (κ3) is 4.72. The molecule has 7 heteroatoms. The fourth-order valence-corrected chi connectivity index (χ4v) is 3.43. The summed E-state index contributed by atoms with van der Waals surface area (Å²) in [6.07, 6.45) is 1.31. The summed E-state index contributed by atoms with van der Waals surface area (Å²) >= 11 is 0. The third-order valence-electron chi connectivity index (χ3n) is 4.79. The van der Waals surface area contributed by atoms with Gasteiger partial charge in [0.25, 0.3) is 0 Å². The fraction of sp³-hybridized carbons (Fsp3) is 0.632. The zero-order valence-corrected chi connectivity index (χ0v) is 15.2. The Labute approximate surface area is 154 Å². The lowest BCUT2D eigenvalue weighted by atomic mass is 10.1. The highest BCUT2D eigenvalue weighted by Crippen LogP contribution is 2.21. The number of aliphatic hydroxyl groups excluding tert-OH is 1. The third-order valence-corrected chi connectivity index (χ3v) is 4.79.